The average Bonchev–Trinajstić information content (AvgIpc) is 2.84. The van der Waals surface area contributed by atoms with Gasteiger partial charge in [0.15, 0.2) is 0 Å². The Kier molecular flexibility index (Phi) is 3.43. The molecule has 94 valence electrons. The molecule has 1 N–H and O–H groups in total. The van der Waals surface area contributed by atoms with Crippen molar-refractivity contribution in [3.05, 3.63) is 51.5 Å². The van der Waals surface area contributed by atoms with Crippen molar-refractivity contribution in [2.75, 3.05) is 0 Å². The number of nitrogens with zero attached hydrogens (tertiary/aromatic N) is 1. The SMILES string of the molecule is OC(Cc1cccnc1)c1cc2c(s1)CCCC2. The van der Waals surface area contributed by atoms with E-state index in [0.29, 0.717) is 6.42 Å². The van der Waals surface area contributed by atoms with Gasteiger partial charge >= 0.3 is 0 Å². The maximum absolute atomic E-state index is 10.3. The number of fused-ring (bicyclic) bond motifs is 1. The first-order valence-electron chi connectivity index (χ1n) is 6.51. The summed E-state index contributed by atoms with van der Waals surface area (Å²) in [6, 6.07) is 6.14. The van der Waals surface area contributed by atoms with Gasteiger partial charge in [0.05, 0.1) is 6.10 Å². The Labute approximate surface area is 111 Å². The van der Waals surface area contributed by atoms with Gasteiger partial charge in [0.25, 0.3) is 0 Å². The lowest BCUT2D eigenvalue weighted by atomic mass is 9.98. The fourth-order valence-corrected chi connectivity index (χ4v) is 3.76. The van der Waals surface area contributed by atoms with Crippen molar-refractivity contribution in [1.29, 1.82) is 0 Å². The van der Waals surface area contributed by atoms with Gasteiger partial charge in [-0.1, -0.05) is 6.07 Å². The average molecular weight is 259 g/mol. The van der Waals surface area contributed by atoms with E-state index in [9.17, 15) is 5.11 Å². The minimum absolute atomic E-state index is 0.384. The molecule has 1 unspecified atom stereocenters. The molecule has 1 aliphatic rings. The summed E-state index contributed by atoms with van der Waals surface area (Å²) < 4.78 is 0. The maximum atomic E-state index is 10.3. The van der Waals surface area contributed by atoms with Crippen molar-refractivity contribution in [1.82, 2.24) is 4.98 Å². The van der Waals surface area contributed by atoms with Crippen LogP contribution in [0.25, 0.3) is 0 Å². The normalized spacial score (nSPS) is 16.3. The third-order valence-corrected chi connectivity index (χ3v) is 4.83. The third-order valence-electron chi connectivity index (χ3n) is 3.50. The predicted molar refractivity (Wildman–Crippen MR) is 73.9 cm³/mol. The lowest BCUT2D eigenvalue weighted by Crippen LogP contribution is -1.99. The Morgan fingerprint density at radius 1 is 1.33 bits per heavy atom. The van der Waals surface area contributed by atoms with Crippen LogP contribution in [0.15, 0.2) is 30.6 Å². The molecule has 18 heavy (non-hydrogen) atoms. The Morgan fingerprint density at radius 3 is 3.00 bits per heavy atom. The van der Waals surface area contributed by atoms with Crippen LogP contribution in [-0.2, 0) is 19.3 Å². The third kappa shape index (κ3) is 2.47. The van der Waals surface area contributed by atoms with E-state index in [4.69, 9.17) is 0 Å². The van der Waals surface area contributed by atoms with Crippen LogP contribution in [0.5, 0.6) is 0 Å². The summed E-state index contributed by atoms with van der Waals surface area (Å²) in [4.78, 5) is 6.69. The molecule has 0 aliphatic heterocycles. The van der Waals surface area contributed by atoms with Gasteiger partial charge in [0, 0.05) is 28.6 Å². The molecule has 0 aromatic carbocycles. The van der Waals surface area contributed by atoms with Gasteiger partial charge in [-0.3, -0.25) is 4.98 Å². The summed E-state index contributed by atoms with van der Waals surface area (Å²) in [5.41, 5.74) is 2.56. The van der Waals surface area contributed by atoms with Gasteiger partial charge in [-0.25, -0.2) is 0 Å². The van der Waals surface area contributed by atoms with Crippen molar-refractivity contribution in [2.45, 2.75) is 38.2 Å². The first kappa shape index (κ1) is 11.9. The number of thiophene rings is 1. The van der Waals surface area contributed by atoms with Crippen LogP contribution in [0.1, 0.15) is 39.8 Å². The zero-order valence-electron chi connectivity index (χ0n) is 10.3. The predicted octanol–water partition coefficient (Wildman–Crippen LogP) is 3.30. The highest BCUT2D eigenvalue weighted by Crippen LogP contribution is 2.33. The second-order valence-electron chi connectivity index (χ2n) is 4.89. The van der Waals surface area contributed by atoms with Crippen LogP contribution in [-0.4, -0.2) is 10.1 Å². The van der Waals surface area contributed by atoms with E-state index < -0.39 is 0 Å². The smallest absolute Gasteiger partial charge is 0.0922 e. The number of aromatic nitrogens is 1. The summed E-state index contributed by atoms with van der Waals surface area (Å²) in [7, 11) is 0. The zero-order chi connectivity index (χ0) is 12.4. The number of aryl methyl sites for hydroxylation is 2. The molecule has 0 saturated heterocycles. The molecule has 0 spiro atoms. The number of hydrogen-bond acceptors (Lipinski definition) is 3. The Bertz CT molecular complexity index is 497. The number of aliphatic hydroxyl groups excluding tert-OH is 1. The lowest BCUT2D eigenvalue weighted by Gasteiger charge is -2.08. The van der Waals surface area contributed by atoms with Crippen LogP contribution in [0.2, 0.25) is 0 Å². The van der Waals surface area contributed by atoms with Crippen LogP contribution in [0, 0.1) is 0 Å². The van der Waals surface area contributed by atoms with Gasteiger partial charge < -0.3 is 5.11 Å². The van der Waals surface area contributed by atoms with Crippen molar-refractivity contribution in [3.63, 3.8) is 0 Å². The quantitative estimate of drug-likeness (QED) is 0.917. The van der Waals surface area contributed by atoms with Crippen LogP contribution in [0.4, 0.5) is 0 Å². The molecule has 0 saturated carbocycles. The molecule has 3 heteroatoms. The van der Waals surface area contributed by atoms with Crippen molar-refractivity contribution >= 4 is 11.3 Å². The molecule has 1 aliphatic carbocycles. The molecule has 0 fully saturated rings. The highest BCUT2D eigenvalue weighted by molar-refractivity contribution is 7.12. The topological polar surface area (TPSA) is 33.1 Å². The van der Waals surface area contributed by atoms with Crippen molar-refractivity contribution < 1.29 is 5.11 Å². The van der Waals surface area contributed by atoms with E-state index in [1.165, 1.54) is 36.1 Å². The molecule has 0 bridgehead atoms. The van der Waals surface area contributed by atoms with E-state index >= 15 is 0 Å². The molecule has 2 aromatic rings. The van der Waals surface area contributed by atoms with Gasteiger partial charge in [0.2, 0.25) is 0 Å². The molecule has 1 atom stereocenters. The maximum Gasteiger partial charge on any atom is 0.0922 e. The van der Waals surface area contributed by atoms with Gasteiger partial charge in [0.1, 0.15) is 0 Å². The molecule has 3 rings (SSSR count). The number of aliphatic hydroxyl groups is 1. The fraction of sp³-hybridized carbons (Fsp3) is 0.400. The standard InChI is InChI=1S/C15H17NOS/c17-13(8-11-4-3-7-16-10-11)15-9-12-5-1-2-6-14(12)18-15/h3-4,7,9-10,13,17H,1-2,5-6,8H2. The van der Waals surface area contributed by atoms with E-state index in [2.05, 4.69) is 11.1 Å². The molecular weight excluding hydrogens is 242 g/mol. The van der Waals surface area contributed by atoms with E-state index in [-0.39, 0.29) is 6.10 Å². The molecule has 2 nitrogen and oxygen atoms in total. The van der Waals surface area contributed by atoms with E-state index in [1.54, 1.807) is 17.5 Å². The highest BCUT2D eigenvalue weighted by Gasteiger charge is 2.17. The second-order valence-corrected chi connectivity index (χ2v) is 6.05. The summed E-state index contributed by atoms with van der Waals surface area (Å²) in [5.74, 6) is 0. The molecular formula is C15H17NOS. The van der Waals surface area contributed by atoms with Crippen LogP contribution < -0.4 is 0 Å². The minimum Gasteiger partial charge on any atom is -0.387 e. The Hall–Kier alpha value is -1.19. The lowest BCUT2D eigenvalue weighted by molar-refractivity contribution is 0.182. The molecule has 2 heterocycles. The summed E-state index contributed by atoms with van der Waals surface area (Å²) in [5, 5.41) is 10.3. The first-order valence-corrected chi connectivity index (χ1v) is 7.33. The van der Waals surface area contributed by atoms with Crippen LogP contribution in [0.3, 0.4) is 0 Å². The minimum atomic E-state index is -0.384. The van der Waals surface area contributed by atoms with Crippen molar-refractivity contribution in [3.8, 4) is 0 Å². The Morgan fingerprint density at radius 2 is 2.22 bits per heavy atom. The summed E-state index contributed by atoms with van der Waals surface area (Å²) >= 11 is 1.79. The van der Waals surface area contributed by atoms with Crippen molar-refractivity contribution in [2.24, 2.45) is 0 Å². The Balaban J connectivity index is 1.76. The zero-order valence-corrected chi connectivity index (χ0v) is 11.1. The largest absolute Gasteiger partial charge is 0.387 e. The van der Waals surface area contributed by atoms with Gasteiger partial charge in [-0.15, -0.1) is 11.3 Å². The number of hydrogen-bond donors (Lipinski definition) is 1. The van der Waals surface area contributed by atoms with E-state index in [1.807, 2.05) is 18.3 Å². The number of rotatable bonds is 3. The summed E-state index contributed by atoms with van der Waals surface area (Å²) in [6.07, 6.45) is 8.84. The van der Waals surface area contributed by atoms with Gasteiger partial charge in [-0.2, -0.15) is 0 Å². The fourth-order valence-electron chi connectivity index (χ4n) is 2.52. The molecule has 0 amide bonds. The van der Waals surface area contributed by atoms with Gasteiger partial charge in [-0.05, 0) is 48.9 Å². The number of pyridine rings is 1. The second kappa shape index (κ2) is 5.21. The monoisotopic (exact) mass is 259 g/mol. The first-order chi connectivity index (χ1) is 8.83. The van der Waals surface area contributed by atoms with Crippen LogP contribution >= 0.6 is 11.3 Å². The summed E-state index contributed by atoms with van der Waals surface area (Å²) in [6.45, 7) is 0. The highest BCUT2D eigenvalue weighted by atomic mass is 32.1. The molecule has 2 aromatic heterocycles. The molecule has 0 radical (unpaired) electrons. The van der Waals surface area contributed by atoms with E-state index in [0.717, 1.165) is 10.4 Å².